The van der Waals surface area contributed by atoms with Gasteiger partial charge in [0.15, 0.2) is 5.76 Å². The zero-order chi connectivity index (χ0) is 17.1. The Balaban J connectivity index is 1.79. The minimum atomic E-state index is -0.484. The van der Waals surface area contributed by atoms with Crippen molar-refractivity contribution in [1.29, 1.82) is 0 Å². The van der Waals surface area contributed by atoms with Crippen molar-refractivity contribution in [1.82, 2.24) is 5.43 Å². The van der Waals surface area contributed by atoms with Gasteiger partial charge < -0.3 is 14.3 Å². The molecule has 1 amide bonds. The van der Waals surface area contributed by atoms with E-state index in [4.69, 9.17) is 9.15 Å². The Bertz CT molecular complexity index is 928. The predicted octanol–water partition coefficient (Wildman–Crippen LogP) is 3.22. The van der Waals surface area contributed by atoms with Gasteiger partial charge >= 0.3 is 5.91 Å². The zero-order valence-corrected chi connectivity index (χ0v) is 13.2. The standard InChI is InChI=1S/C18H16N2O4/c1-11-16-14(21)7-4-8-15(16)24-17(11)18(22)20-19-10-12-5-3-6-13(9-12)23-2/h3-10,21H,1-2H3,(H,20,22)/b19-10+. The number of methoxy groups -OCH3 is 1. The summed E-state index contributed by atoms with van der Waals surface area (Å²) in [7, 11) is 1.58. The van der Waals surface area contributed by atoms with Gasteiger partial charge in [-0.15, -0.1) is 0 Å². The molecule has 0 atom stereocenters. The molecule has 1 heterocycles. The largest absolute Gasteiger partial charge is 0.507 e. The lowest BCUT2D eigenvalue weighted by molar-refractivity contribution is 0.0929. The molecular formula is C18H16N2O4. The quantitative estimate of drug-likeness (QED) is 0.570. The third-order valence-electron chi connectivity index (χ3n) is 3.61. The van der Waals surface area contributed by atoms with E-state index < -0.39 is 5.91 Å². The molecule has 0 fully saturated rings. The van der Waals surface area contributed by atoms with E-state index in [1.54, 1.807) is 38.3 Å². The van der Waals surface area contributed by atoms with Crippen LogP contribution in [-0.2, 0) is 0 Å². The fourth-order valence-electron chi connectivity index (χ4n) is 2.44. The highest BCUT2D eigenvalue weighted by Gasteiger charge is 2.19. The average molecular weight is 324 g/mol. The second kappa shape index (κ2) is 6.45. The van der Waals surface area contributed by atoms with Crippen molar-refractivity contribution in [3.8, 4) is 11.5 Å². The van der Waals surface area contributed by atoms with Gasteiger partial charge in [-0.05, 0) is 36.8 Å². The van der Waals surface area contributed by atoms with Crippen LogP contribution < -0.4 is 10.2 Å². The predicted molar refractivity (Wildman–Crippen MR) is 90.7 cm³/mol. The van der Waals surface area contributed by atoms with Gasteiger partial charge in [-0.2, -0.15) is 5.10 Å². The fourth-order valence-corrected chi connectivity index (χ4v) is 2.44. The summed E-state index contributed by atoms with van der Waals surface area (Å²) in [4.78, 5) is 12.2. The van der Waals surface area contributed by atoms with E-state index in [-0.39, 0.29) is 11.5 Å². The molecule has 0 spiro atoms. The lowest BCUT2D eigenvalue weighted by atomic mass is 10.1. The lowest BCUT2D eigenvalue weighted by Gasteiger charge is -2.00. The number of phenolic OH excluding ortho intramolecular Hbond substituents is 1. The molecule has 0 saturated carbocycles. The van der Waals surface area contributed by atoms with E-state index in [2.05, 4.69) is 10.5 Å². The number of amides is 1. The van der Waals surface area contributed by atoms with Crippen LogP contribution in [0.4, 0.5) is 0 Å². The highest BCUT2D eigenvalue weighted by Crippen LogP contribution is 2.32. The summed E-state index contributed by atoms with van der Waals surface area (Å²) >= 11 is 0. The number of ether oxygens (including phenoxy) is 1. The van der Waals surface area contributed by atoms with Crippen LogP contribution in [0, 0.1) is 6.92 Å². The minimum absolute atomic E-state index is 0.0766. The number of fused-ring (bicyclic) bond motifs is 1. The summed E-state index contributed by atoms with van der Waals surface area (Å²) in [6.07, 6.45) is 1.51. The Morgan fingerprint density at radius 3 is 2.83 bits per heavy atom. The second-order valence-corrected chi connectivity index (χ2v) is 5.18. The van der Waals surface area contributed by atoms with Crippen LogP contribution in [0.2, 0.25) is 0 Å². The first kappa shape index (κ1) is 15.6. The average Bonchev–Trinajstić information content (AvgIpc) is 2.93. The SMILES string of the molecule is COc1cccc(/C=N/NC(=O)c2oc3cccc(O)c3c2C)c1. The van der Waals surface area contributed by atoms with Crippen molar-refractivity contribution in [2.45, 2.75) is 6.92 Å². The van der Waals surface area contributed by atoms with Crippen LogP contribution in [0.15, 0.2) is 52.0 Å². The number of nitrogens with zero attached hydrogens (tertiary/aromatic N) is 1. The number of carbonyl (C=O) groups excluding carboxylic acids is 1. The molecule has 122 valence electrons. The van der Waals surface area contributed by atoms with Gasteiger partial charge in [0.2, 0.25) is 0 Å². The van der Waals surface area contributed by atoms with Gasteiger partial charge in [-0.3, -0.25) is 4.79 Å². The van der Waals surface area contributed by atoms with Gasteiger partial charge in [0.1, 0.15) is 17.1 Å². The van der Waals surface area contributed by atoms with E-state index in [1.165, 1.54) is 6.21 Å². The number of furan rings is 1. The van der Waals surface area contributed by atoms with E-state index in [0.717, 1.165) is 5.56 Å². The van der Waals surface area contributed by atoms with Gasteiger partial charge in [0.05, 0.1) is 18.7 Å². The summed E-state index contributed by atoms with van der Waals surface area (Å²) in [5, 5.41) is 14.3. The van der Waals surface area contributed by atoms with Crippen LogP contribution in [0.3, 0.4) is 0 Å². The summed E-state index contributed by atoms with van der Waals surface area (Å²) in [6.45, 7) is 1.71. The molecule has 0 aliphatic carbocycles. The van der Waals surface area contributed by atoms with Gasteiger partial charge in [-0.25, -0.2) is 5.43 Å². The Labute approximate surface area is 138 Å². The van der Waals surface area contributed by atoms with E-state index in [0.29, 0.717) is 22.3 Å². The smallest absolute Gasteiger partial charge is 0.307 e. The molecule has 0 aliphatic rings. The van der Waals surface area contributed by atoms with Crippen molar-refractivity contribution >= 4 is 23.1 Å². The number of hydrogen-bond acceptors (Lipinski definition) is 5. The highest BCUT2D eigenvalue weighted by molar-refractivity contribution is 6.00. The molecule has 0 bridgehead atoms. The van der Waals surface area contributed by atoms with E-state index in [1.807, 2.05) is 18.2 Å². The molecule has 3 rings (SSSR count). The number of phenols is 1. The lowest BCUT2D eigenvalue weighted by Crippen LogP contribution is -2.17. The van der Waals surface area contributed by atoms with Crippen LogP contribution in [0.25, 0.3) is 11.0 Å². The number of benzene rings is 2. The van der Waals surface area contributed by atoms with Crippen LogP contribution in [0.5, 0.6) is 11.5 Å². The monoisotopic (exact) mass is 324 g/mol. The molecule has 3 aromatic rings. The Morgan fingerprint density at radius 1 is 1.29 bits per heavy atom. The van der Waals surface area contributed by atoms with Crippen molar-refractivity contribution in [3.63, 3.8) is 0 Å². The first-order valence-electron chi connectivity index (χ1n) is 7.28. The van der Waals surface area contributed by atoms with Gasteiger partial charge in [0.25, 0.3) is 0 Å². The first-order chi connectivity index (χ1) is 11.6. The molecule has 0 aliphatic heterocycles. The molecule has 6 nitrogen and oxygen atoms in total. The number of carbonyl (C=O) groups is 1. The van der Waals surface area contributed by atoms with Crippen LogP contribution in [-0.4, -0.2) is 24.3 Å². The van der Waals surface area contributed by atoms with Gasteiger partial charge in [-0.1, -0.05) is 18.2 Å². The summed E-state index contributed by atoms with van der Waals surface area (Å²) < 4.78 is 10.6. The van der Waals surface area contributed by atoms with Crippen molar-refractivity contribution in [3.05, 3.63) is 59.4 Å². The third-order valence-corrected chi connectivity index (χ3v) is 3.61. The molecular weight excluding hydrogens is 308 g/mol. The molecule has 1 aromatic heterocycles. The molecule has 2 N–H and O–H groups in total. The number of rotatable bonds is 4. The Kier molecular flexibility index (Phi) is 4.20. The Morgan fingerprint density at radius 2 is 2.08 bits per heavy atom. The molecule has 2 aromatic carbocycles. The summed E-state index contributed by atoms with van der Waals surface area (Å²) in [5.41, 5.74) is 4.23. The summed E-state index contributed by atoms with van der Waals surface area (Å²) in [5.74, 6) is 0.415. The van der Waals surface area contributed by atoms with E-state index >= 15 is 0 Å². The molecule has 24 heavy (non-hydrogen) atoms. The van der Waals surface area contributed by atoms with Gasteiger partial charge in [0, 0.05) is 5.56 Å². The third kappa shape index (κ3) is 2.94. The van der Waals surface area contributed by atoms with Crippen molar-refractivity contribution in [2.75, 3.05) is 7.11 Å². The first-order valence-corrected chi connectivity index (χ1v) is 7.28. The number of aryl methyl sites for hydroxylation is 1. The van der Waals surface area contributed by atoms with Crippen LogP contribution >= 0.6 is 0 Å². The highest BCUT2D eigenvalue weighted by atomic mass is 16.5. The Hall–Kier alpha value is -3.28. The van der Waals surface area contributed by atoms with Crippen molar-refractivity contribution in [2.24, 2.45) is 5.10 Å². The molecule has 0 unspecified atom stereocenters. The fraction of sp³-hybridized carbons (Fsp3) is 0.111. The number of hydrogen-bond donors (Lipinski definition) is 2. The zero-order valence-electron chi connectivity index (χ0n) is 13.2. The van der Waals surface area contributed by atoms with Crippen molar-refractivity contribution < 1.29 is 19.1 Å². The molecule has 6 heteroatoms. The second-order valence-electron chi connectivity index (χ2n) is 5.18. The maximum Gasteiger partial charge on any atom is 0.307 e. The van der Waals surface area contributed by atoms with E-state index in [9.17, 15) is 9.90 Å². The molecule has 0 saturated heterocycles. The topological polar surface area (TPSA) is 84.1 Å². The number of hydrazone groups is 1. The maximum absolute atomic E-state index is 12.2. The molecule has 0 radical (unpaired) electrons. The normalized spacial score (nSPS) is 11.1. The van der Waals surface area contributed by atoms with Crippen LogP contribution in [0.1, 0.15) is 21.7 Å². The maximum atomic E-state index is 12.2. The summed E-state index contributed by atoms with van der Waals surface area (Å²) in [6, 6.07) is 12.2. The number of nitrogens with one attached hydrogen (secondary N) is 1. The number of aromatic hydroxyl groups is 1. The minimum Gasteiger partial charge on any atom is -0.507 e.